The number of ether oxygens (including phenoxy) is 5. The van der Waals surface area contributed by atoms with Gasteiger partial charge in [-0.15, -0.1) is 0 Å². The Bertz CT molecular complexity index is 1090. The minimum atomic E-state index is -1.06. The van der Waals surface area contributed by atoms with Crippen molar-refractivity contribution in [3.63, 3.8) is 0 Å². The summed E-state index contributed by atoms with van der Waals surface area (Å²) >= 11 is 0. The van der Waals surface area contributed by atoms with Gasteiger partial charge in [-0.2, -0.15) is 0 Å². The van der Waals surface area contributed by atoms with Crippen molar-refractivity contribution >= 4 is 0 Å². The van der Waals surface area contributed by atoms with Crippen molar-refractivity contribution in [2.75, 3.05) is 13.7 Å². The summed E-state index contributed by atoms with van der Waals surface area (Å²) in [5.41, 5.74) is 5.20. The van der Waals surface area contributed by atoms with Crippen molar-refractivity contribution in [3.05, 3.63) is 107 Å². The highest BCUT2D eigenvalue weighted by molar-refractivity contribution is 5.33. The normalized spacial score (nSPS) is 30.2. The summed E-state index contributed by atoms with van der Waals surface area (Å²) in [6.45, 7) is 6.29. The Hall–Kier alpha value is -2.58. The summed E-state index contributed by atoms with van der Waals surface area (Å²) in [5.74, 6) is -1.00. The van der Waals surface area contributed by atoms with Crippen molar-refractivity contribution in [2.24, 2.45) is 0 Å². The summed E-state index contributed by atoms with van der Waals surface area (Å²) in [4.78, 5) is 0. The molecule has 0 saturated carbocycles. The van der Waals surface area contributed by atoms with Crippen LogP contribution in [0.1, 0.15) is 40.8 Å². The van der Waals surface area contributed by atoms with Gasteiger partial charge in [0.2, 0.25) is 0 Å². The molecule has 2 fully saturated rings. The lowest BCUT2D eigenvalue weighted by atomic mass is 9.94. The van der Waals surface area contributed by atoms with Gasteiger partial charge in [0.15, 0.2) is 12.1 Å². The predicted molar refractivity (Wildman–Crippen MR) is 135 cm³/mol. The van der Waals surface area contributed by atoms with Crippen molar-refractivity contribution in [2.45, 2.75) is 63.4 Å². The van der Waals surface area contributed by atoms with Gasteiger partial charge in [0, 0.05) is 12.7 Å². The van der Waals surface area contributed by atoms with Crippen LogP contribution in [-0.4, -0.2) is 49.5 Å². The van der Waals surface area contributed by atoms with Crippen molar-refractivity contribution in [1.82, 2.24) is 0 Å². The van der Waals surface area contributed by atoms with E-state index in [9.17, 15) is 5.11 Å². The second kappa shape index (κ2) is 10.4. The second-order valence-electron chi connectivity index (χ2n) is 9.78. The van der Waals surface area contributed by atoms with Crippen LogP contribution in [-0.2, 0) is 29.5 Å². The molecular weight excluding hydrogens is 456 g/mol. The molecule has 36 heavy (non-hydrogen) atoms. The number of rotatable bonds is 6. The van der Waals surface area contributed by atoms with E-state index in [1.54, 1.807) is 0 Å². The predicted octanol–water partition coefficient (Wildman–Crippen LogP) is 4.80. The average Bonchev–Trinajstić information content (AvgIpc) is 2.90. The van der Waals surface area contributed by atoms with Crippen LogP contribution in [0.4, 0.5) is 0 Å². The lowest BCUT2D eigenvalue weighted by molar-refractivity contribution is -0.395. The van der Waals surface area contributed by atoms with Crippen molar-refractivity contribution < 1.29 is 28.8 Å². The standard InChI is InChI=1S/C30H34O6/c1-19-10-14-21(15-11-19)26(22-16-12-20(2)13-17-22)35-28-25(31)29(32-4)34-24-18-33-30(3,36-27(24)28)23-8-6-5-7-9-23/h5-17,24-29,31H,18H2,1-4H3/t24-,25+,27-,28-,29+,30-/m1/s1. The van der Waals surface area contributed by atoms with Crippen LogP contribution in [0.15, 0.2) is 78.9 Å². The van der Waals surface area contributed by atoms with Gasteiger partial charge in [-0.3, -0.25) is 0 Å². The number of hydrogen-bond acceptors (Lipinski definition) is 6. The molecule has 6 atom stereocenters. The Morgan fingerprint density at radius 2 is 1.47 bits per heavy atom. The monoisotopic (exact) mass is 490 g/mol. The molecule has 0 bridgehead atoms. The molecule has 6 nitrogen and oxygen atoms in total. The highest BCUT2D eigenvalue weighted by Gasteiger charge is 2.54. The third-order valence-electron chi connectivity index (χ3n) is 7.08. The first-order valence-corrected chi connectivity index (χ1v) is 12.4. The highest BCUT2D eigenvalue weighted by Crippen LogP contribution is 2.41. The van der Waals surface area contributed by atoms with E-state index in [4.69, 9.17) is 23.7 Å². The molecule has 2 saturated heterocycles. The van der Waals surface area contributed by atoms with Gasteiger partial charge in [-0.1, -0.05) is 90.0 Å². The molecule has 0 aromatic heterocycles. The number of fused-ring (bicyclic) bond motifs is 1. The van der Waals surface area contributed by atoms with E-state index in [-0.39, 0.29) is 6.61 Å². The summed E-state index contributed by atoms with van der Waals surface area (Å²) in [7, 11) is 1.52. The van der Waals surface area contributed by atoms with Gasteiger partial charge in [-0.25, -0.2) is 0 Å². The minimum absolute atomic E-state index is 0.280. The first kappa shape index (κ1) is 25.1. The molecule has 0 unspecified atom stereocenters. The zero-order chi connectivity index (χ0) is 25.3. The van der Waals surface area contributed by atoms with E-state index in [1.807, 2.05) is 37.3 Å². The van der Waals surface area contributed by atoms with Crippen molar-refractivity contribution in [3.8, 4) is 0 Å². The molecule has 0 amide bonds. The Morgan fingerprint density at radius 3 is 2.03 bits per heavy atom. The molecule has 1 N–H and O–H groups in total. The maximum Gasteiger partial charge on any atom is 0.192 e. The van der Waals surface area contributed by atoms with Crippen LogP contribution >= 0.6 is 0 Å². The van der Waals surface area contributed by atoms with Crippen LogP contribution in [0.5, 0.6) is 0 Å². The topological polar surface area (TPSA) is 66.4 Å². The zero-order valence-corrected chi connectivity index (χ0v) is 21.2. The van der Waals surface area contributed by atoms with E-state index in [0.717, 1.165) is 16.7 Å². The van der Waals surface area contributed by atoms with Crippen LogP contribution in [0.25, 0.3) is 0 Å². The molecule has 3 aromatic rings. The number of aliphatic hydroxyl groups excluding tert-OH is 1. The van der Waals surface area contributed by atoms with Crippen LogP contribution in [0, 0.1) is 13.8 Å². The zero-order valence-electron chi connectivity index (χ0n) is 21.2. The third kappa shape index (κ3) is 4.98. The Kier molecular flexibility index (Phi) is 7.26. The molecule has 2 aliphatic heterocycles. The van der Waals surface area contributed by atoms with Gasteiger partial charge in [-0.05, 0) is 31.9 Å². The summed E-state index contributed by atoms with van der Waals surface area (Å²) in [6, 6.07) is 26.3. The van der Waals surface area contributed by atoms with Gasteiger partial charge >= 0.3 is 0 Å². The van der Waals surface area contributed by atoms with E-state index in [1.165, 1.54) is 18.2 Å². The fourth-order valence-electron chi connectivity index (χ4n) is 4.94. The van der Waals surface area contributed by atoms with E-state index in [0.29, 0.717) is 0 Å². The van der Waals surface area contributed by atoms with Gasteiger partial charge in [0.05, 0.1) is 6.61 Å². The van der Waals surface area contributed by atoms with Crippen molar-refractivity contribution in [1.29, 1.82) is 0 Å². The largest absolute Gasteiger partial charge is 0.385 e. The fraction of sp³-hybridized carbons (Fsp3) is 0.400. The summed E-state index contributed by atoms with van der Waals surface area (Å²) in [5, 5.41) is 11.3. The van der Waals surface area contributed by atoms with Gasteiger partial charge < -0.3 is 28.8 Å². The SMILES string of the molecule is CO[C@H]1O[C@@H]2CO[C@@](C)(c3ccccc3)O[C@H]2[C@H](OC(c2ccc(C)cc2)c2ccc(C)cc2)[C@@H]1O. The summed E-state index contributed by atoms with van der Waals surface area (Å²) in [6.07, 6.45) is -4.11. The molecule has 3 aromatic carbocycles. The molecular formula is C30H34O6. The molecule has 0 spiro atoms. The number of methoxy groups -OCH3 is 1. The molecule has 5 rings (SSSR count). The maximum absolute atomic E-state index is 11.3. The quantitative estimate of drug-likeness (QED) is 0.536. The first-order valence-electron chi connectivity index (χ1n) is 12.4. The number of hydrogen-bond donors (Lipinski definition) is 1. The number of aryl methyl sites for hydroxylation is 2. The lowest BCUT2D eigenvalue weighted by Crippen LogP contribution is -2.65. The molecule has 6 heteroatoms. The smallest absolute Gasteiger partial charge is 0.192 e. The van der Waals surface area contributed by atoms with E-state index >= 15 is 0 Å². The van der Waals surface area contributed by atoms with Crippen LogP contribution in [0.2, 0.25) is 0 Å². The maximum atomic E-state index is 11.3. The first-order chi connectivity index (χ1) is 17.4. The number of benzene rings is 3. The fourth-order valence-corrected chi connectivity index (χ4v) is 4.94. The Morgan fingerprint density at radius 1 is 0.889 bits per heavy atom. The van der Waals surface area contributed by atoms with Gasteiger partial charge in [0.25, 0.3) is 0 Å². The Balaban J connectivity index is 1.51. The van der Waals surface area contributed by atoms with E-state index < -0.39 is 42.6 Å². The third-order valence-corrected chi connectivity index (χ3v) is 7.08. The highest BCUT2D eigenvalue weighted by atomic mass is 16.8. The molecule has 2 heterocycles. The lowest BCUT2D eigenvalue weighted by Gasteiger charge is -2.51. The molecule has 2 aliphatic rings. The molecule has 190 valence electrons. The van der Waals surface area contributed by atoms with Crippen LogP contribution < -0.4 is 0 Å². The van der Waals surface area contributed by atoms with Crippen LogP contribution in [0.3, 0.4) is 0 Å². The number of aliphatic hydroxyl groups is 1. The minimum Gasteiger partial charge on any atom is -0.385 e. The molecule has 0 radical (unpaired) electrons. The summed E-state index contributed by atoms with van der Waals surface area (Å²) < 4.78 is 31.0. The second-order valence-corrected chi connectivity index (χ2v) is 9.78. The average molecular weight is 491 g/mol. The van der Waals surface area contributed by atoms with Gasteiger partial charge in [0.1, 0.15) is 30.5 Å². The van der Waals surface area contributed by atoms with E-state index in [2.05, 4.69) is 62.4 Å². The Labute approximate surface area is 212 Å². The molecule has 0 aliphatic carbocycles.